The van der Waals surface area contributed by atoms with Crippen molar-refractivity contribution in [3.63, 3.8) is 0 Å². The summed E-state index contributed by atoms with van der Waals surface area (Å²) in [5, 5.41) is 0. The van der Waals surface area contributed by atoms with E-state index in [1.807, 2.05) is 18.2 Å². The fourth-order valence-corrected chi connectivity index (χ4v) is 5.58. The fraction of sp³-hybridized carbons (Fsp3) is 0.647. The number of benzene rings is 1. The summed E-state index contributed by atoms with van der Waals surface area (Å²) in [6, 6.07) is 5.55. The number of hydrogen-bond acceptors (Lipinski definition) is 4. The largest absolute Gasteiger partial charge is 0.493 e. The minimum atomic E-state index is -3.40. The summed E-state index contributed by atoms with van der Waals surface area (Å²) in [5.74, 6) is 1.29. The van der Waals surface area contributed by atoms with Gasteiger partial charge in [-0.15, -0.1) is 0 Å². The summed E-state index contributed by atoms with van der Waals surface area (Å²) in [4.78, 5) is 0. The molecule has 7 heteroatoms. The Bertz CT molecular complexity index is 671. The number of methoxy groups -OCH3 is 2. The molecule has 1 aromatic carbocycles. The van der Waals surface area contributed by atoms with Gasteiger partial charge < -0.3 is 9.47 Å². The molecule has 0 saturated carbocycles. The Morgan fingerprint density at radius 3 is 2.33 bits per heavy atom. The van der Waals surface area contributed by atoms with Crippen molar-refractivity contribution < 1.29 is 17.9 Å². The van der Waals surface area contributed by atoms with Gasteiger partial charge in [0, 0.05) is 19.6 Å². The number of hydrogen-bond donors (Lipinski definition) is 0. The molecule has 3 rings (SSSR count). The molecule has 1 atom stereocenters. The molecule has 2 saturated heterocycles. The summed E-state index contributed by atoms with van der Waals surface area (Å²) in [6.07, 6.45) is 4.74. The van der Waals surface area contributed by atoms with Crippen LogP contribution in [0.25, 0.3) is 0 Å². The Kier molecular flexibility index (Phi) is 5.32. The molecule has 2 aliphatic heterocycles. The maximum Gasteiger partial charge on any atom is 0.282 e. The van der Waals surface area contributed by atoms with E-state index in [9.17, 15) is 8.42 Å². The molecule has 24 heavy (non-hydrogen) atoms. The molecular formula is C17H26N2O4S. The van der Waals surface area contributed by atoms with Gasteiger partial charge in [-0.1, -0.05) is 12.5 Å². The van der Waals surface area contributed by atoms with Crippen molar-refractivity contribution in [1.29, 1.82) is 0 Å². The normalized spacial score (nSPS) is 23.3. The van der Waals surface area contributed by atoms with E-state index >= 15 is 0 Å². The number of nitrogens with zero attached hydrogens (tertiary/aromatic N) is 2. The molecule has 0 bridgehead atoms. The van der Waals surface area contributed by atoms with Crippen LogP contribution in [0.2, 0.25) is 0 Å². The van der Waals surface area contributed by atoms with Crippen molar-refractivity contribution >= 4 is 10.2 Å². The predicted molar refractivity (Wildman–Crippen MR) is 92.6 cm³/mol. The van der Waals surface area contributed by atoms with Crippen LogP contribution >= 0.6 is 0 Å². The Morgan fingerprint density at radius 1 is 0.958 bits per heavy atom. The zero-order valence-corrected chi connectivity index (χ0v) is 15.2. The van der Waals surface area contributed by atoms with Crippen LogP contribution < -0.4 is 9.47 Å². The van der Waals surface area contributed by atoms with Crippen LogP contribution in [0.15, 0.2) is 18.2 Å². The van der Waals surface area contributed by atoms with E-state index in [1.165, 1.54) is 0 Å². The maximum atomic E-state index is 13.0. The van der Waals surface area contributed by atoms with E-state index < -0.39 is 10.2 Å². The van der Waals surface area contributed by atoms with Crippen molar-refractivity contribution in [3.05, 3.63) is 23.8 Å². The third kappa shape index (κ3) is 3.25. The van der Waals surface area contributed by atoms with Crippen molar-refractivity contribution in [3.8, 4) is 11.5 Å². The first-order chi connectivity index (χ1) is 11.6. The smallest absolute Gasteiger partial charge is 0.282 e. The third-order valence-corrected chi connectivity index (χ3v) is 6.98. The molecule has 0 spiro atoms. The van der Waals surface area contributed by atoms with Gasteiger partial charge in [-0.05, 0) is 43.4 Å². The van der Waals surface area contributed by atoms with Gasteiger partial charge in [-0.2, -0.15) is 17.0 Å². The van der Waals surface area contributed by atoms with Crippen molar-refractivity contribution in [2.24, 2.45) is 0 Å². The second kappa shape index (κ2) is 7.29. The van der Waals surface area contributed by atoms with Crippen LogP contribution in [0.1, 0.15) is 43.7 Å². The molecule has 134 valence electrons. The molecule has 2 heterocycles. The molecular weight excluding hydrogens is 328 g/mol. The molecule has 1 aromatic rings. The quantitative estimate of drug-likeness (QED) is 0.815. The first-order valence-electron chi connectivity index (χ1n) is 8.57. The van der Waals surface area contributed by atoms with Crippen molar-refractivity contribution in [2.75, 3.05) is 33.9 Å². The first-order valence-corrected chi connectivity index (χ1v) is 9.96. The zero-order valence-electron chi connectivity index (χ0n) is 14.4. The minimum absolute atomic E-state index is 0.128. The lowest BCUT2D eigenvalue weighted by molar-refractivity contribution is 0.295. The van der Waals surface area contributed by atoms with Gasteiger partial charge in [0.15, 0.2) is 11.5 Å². The molecule has 0 aliphatic carbocycles. The van der Waals surface area contributed by atoms with Crippen LogP contribution in [0.5, 0.6) is 11.5 Å². The predicted octanol–water partition coefficient (Wildman–Crippen LogP) is 2.57. The molecule has 2 aliphatic rings. The topological polar surface area (TPSA) is 59.1 Å². The Morgan fingerprint density at radius 2 is 1.67 bits per heavy atom. The maximum absolute atomic E-state index is 13.0. The molecule has 0 aromatic heterocycles. The van der Waals surface area contributed by atoms with E-state index in [0.29, 0.717) is 31.1 Å². The van der Waals surface area contributed by atoms with E-state index in [4.69, 9.17) is 9.47 Å². The molecule has 1 unspecified atom stereocenters. The van der Waals surface area contributed by atoms with Gasteiger partial charge >= 0.3 is 0 Å². The summed E-state index contributed by atoms with van der Waals surface area (Å²) < 4.78 is 40.1. The highest BCUT2D eigenvalue weighted by atomic mass is 32.2. The molecule has 2 fully saturated rings. The SMILES string of the molecule is COc1ccc(C2CCCN2S(=O)(=O)N2CCCCC2)cc1OC. The standard InChI is InChI=1S/C17H26N2O4S/c1-22-16-9-8-14(13-17(16)23-2)15-7-6-12-19(15)24(20,21)18-10-4-3-5-11-18/h8-9,13,15H,3-7,10-12H2,1-2H3. The average Bonchev–Trinajstić information content (AvgIpc) is 3.12. The van der Waals surface area contributed by atoms with Crippen LogP contribution in [0.4, 0.5) is 0 Å². The van der Waals surface area contributed by atoms with Crippen LogP contribution in [-0.2, 0) is 10.2 Å². The van der Waals surface area contributed by atoms with E-state index in [0.717, 1.165) is 37.7 Å². The first kappa shape index (κ1) is 17.5. The fourth-order valence-electron chi connectivity index (χ4n) is 3.65. The van der Waals surface area contributed by atoms with Gasteiger partial charge in [0.25, 0.3) is 10.2 Å². The van der Waals surface area contributed by atoms with Gasteiger partial charge in [-0.25, -0.2) is 0 Å². The highest BCUT2D eigenvalue weighted by molar-refractivity contribution is 7.86. The lowest BCUT2D eigenvalue weighted by atomic mass is 10.0. The molecule has 0 N–H and O–H groups in total. The van der Waals surface area contributed by atoms with E-state index in [-0.39, 0.29) is 6.04 Å². The number of piperidine rings is 1. The van der Waals surface area contributed by atoms with Crippen LogP contribution in [0, 0.1) is 0 Å². The van der Waals surface area contributed by atoms with Gasteiger partial charge in [0.2, 0.25) is 0 Å². The van der Waals surface area contributed by atoms with E-state index in [1.54, 1.807) is 22.8 Å². The van der Waals surface area contributed by atoms with Gasteiger partial charge in [-0.3, -0.25) is 0 Å². The van der Waals surface area contributed by atoms with Crippen molar-refractivity contribution in [2.45, 2.75) is 38.1 Å². The second-order valence-corrected chi connectivity index (χ2v) is 8.23. The van der Waals surface area contributed by atoms with Gasteiger partial charge in [0.05, 0.1) is 20.3 Å². The van der Waals surface area contributed by atoms with Crippen LogP contribution in [-0.4, -0.2) is 50.9 Å². The molecule has 6 nitrogen and oxygen atoms in total. The summed E-state index contributed by atoms with van der Waals surface area (Å²) in [6.45, 7) is 1.85. The number of rotatable bonds is 5. The van der Waals surface area contributed by atoms with Gasteiger partial charge in [0.1, 0.15) is 0 Å². The lowest BCUT2D eigenvalue weighted by Crippen LogP contribution is -2.45. The van der Waals surface area contributed by atoms with Crippen LogP contribution in [0.3, 0.4) is 0 Å². The minimum Gasteiger partial charge on any atom is -0.493 e. The Balaban J connectivity index is 1.87. The lowest BCUT2D eigenvalue weighted by Gasteiger charge is -2.33. The Labute approximate surface area is 144 Å². The third-order valence-electron chi connectivity index (χ3n) is 4.93. The Hall–Kier alpha value is -1.31. The van der Waals surface area contributed by atoms with E-state index in [2.05, 4.69) is 0 Å². The monoisotopic (exact) mass is 354 g/mol. The average molecular weight is 354 g/mol. The highest BCUT2D eigenvalue weighted by Crippen LogP contribution is 2.39. The summed E-state index contributed by atoms with van der Waals surface area (Å²) >= 11 is 0. The highest BCUT2D eigenvalue weighted by Gasteiger charge is 2.39. The zero-order chi connectivity index (χ0) is 17.2. The number of ether oxygens (including phenoxy) is 2. The second-order valence-electron chi connectivity index (χ2n) is 6.35. The summed E-state index contributed by atoms with van der Waals surface area (Å²) in [5.41, 5.74) is 0.964. The molecule has 0 radical (unpaired) electrons. The molecule has 0 amide bonds. The van der Waals surface area contributed by atoms with Crippen molar-refractivity contribution in [1.82, 2.24) is 8.61 Å². The summed E-state index contributed by atoms with van der Waals surface area (Å²) in [7, 11) is -0.207.